The topological polar surface area (TPSA) is 60.2 Å². The molecule has 2 N–H and O–H groups in total. The summed E-state index contributed by atoms with van der Waals surface area (Å²) in [5.74, 6) is -0.257. The average Bonchev–Trinajstić information content (AvgIpc) is 1.95. The summed E-state index contributed by atoms with van der Waals surface area (Å²) in [6.07, 6.45) is 0.299. The molecular weight excluding hydrogens is 130 g/mol. The van der Waals surface area contributed by atoms with Crippen molar-refractivity contribution in [2.24, 2.45) is 11.1 Å². The van der Waals surface area contributed by atoms with Gasteiger partial charge in [0.05, 0.1) is 0 Å². The molecule has 1 atom stereocenters. The minimum Gasteiger partial charge on any atom is -0.315 e. The molecule has 0 radical (unpaired) electrons. The Kier molecular flexibility index (Phi) is 1.40. The molecular formula is C7H11NO2. The van der Waals surface area contributed by atoms with Crippen LogP contribution in [0.25, 0.3) is 0 Å². The van der Waals surface area contributed by atoms with Gasteiger partial charge in [-0.15, -0.1) is 0 Å². The Bertz CT molecular complexity index is 196. The fraction of sp³-hybridized carbons (Fsp3) is 0.714. The number of carbonyl (C=O) groups excluding carboxylic acids is 2. The van der Waals surface area contributed by atoms with Gasteiger partial charge in [0.25, 0.3) is 0 Å². The van der Waals surface area contributed by atoms with Crippen LogP contribution in [0.15, 0.2) is 0 Å². The molecule has 10 heavy (non-hydrogen) atoms. The van der Waals surface area contributed by atoms with Gasteiger partial charge in [-0.3, -0.25) is 9.59 Å². The lowest BCUT2D eigenvalue weighted by atomic mass is 9.90. The van der Waals surface area contributed by atoms with E-state index in [1.165, 1.54) is 0 Å². The monoisotopic (exact) mass is 141 g/mol. The van der Waals surface area contributed by atoms with E-state index < -0.39 is 11.5 Å². The second-order valence-electron chi connectivity index (χ2n) is 3.37. The van der Waals surface area contributed by atoms with Gasteiger partial charge in [-0.25, -0.2) is 0 Å². The van der Waals surface area contributed by atoms with E-state index in [4.69, 9.17) is 5.73 Å². The fourth-order valence-corrected chi connectivity index (χ4v) is 1.20. The third kappa shape index (κ3) is 0.865. The standard InChI is InChI=1S/C7H11NO2/c1-7(2)3-4(9)5(8)6(7)10/h5H,3,8H2,1-2H3. The fourth-order valence-electron chi connectivity index (χ4n) is 1.20. The van der Waals surface area contributed by atoms with Crippen molar-refractivity contribution >= 4 is 11.6 Å². The summed E-state index contributed by atoms with van der Waals surface area (Å²) in [6.45, 7) is 3.50. The summed E-state index contributed by atoms with van der Waals surface area (Å²) in [7, 11) is 0. The molecule has 3 nitrogen and oxygen atoms in total. The van der Waals surface area contributed by atoms with Crippen LogP contribution in [-0.2, 0) is 9.59 Å². The molecule has 0 aromatic heterocycles. The molecule has 3 heteroatoms. The highest BCUT2D eigenvalue weighted by molar-refractivity contribution is 6.15. The van der Waals surface area contributed by atoms with E-state index in [1.54, 1.807) is 13.8 Å². The first-order valence-corrected chi connectivity index (χ1v) is 3.28. The van der Waals surface area contributed by atoms with Crippen LogP contribution in [0, 0.1) is 5.41 Å². The van der Waals surface area contributed by atoms with E-state index in [0.717, 1.165) is 0 Å². The summed E-state index contributed by atoms with van der Waals surface area (Å²) in [5.41, 5.74) is 4.78. The van der Waals surface area contributed by atoms with Gasteiger partial charge in [-0.2, -0.15) is 0 Å². The molecule has 0 aromatic carbocycles. The summed E-state index contributed by atoms with van der Waals surface area (Å²) in [4.78, 5) is 21.9. The summed E-state index contributed by atoms with van der Waals surface area (Å²) in [5, 5.41) is 0. The zero-order valence-electron chi connectivity index (χ0n) is 6.18. The summed E-state index contributed by atoms with van der Waals surface area (Å²) >= 11 is 0. The van der Waals surface area contributed by atoms with E-state index in [2.05, 4.69) is 0 Å². The van der Waals surface area contributed by atoms with E-state index >= 15 is 0 Å². The second kappa shape index (κ2) is 1.89. The minimum absolute atomic E-state index is 0.127. The van der Waals surface area contributed by atoms with Crippen LogP contribution in [0.2, 0.25) is 0 Å². The largest absolute Gasteiger partial charge is 0.315 e. The molecule has 0 aromatic rings. The summed E-state index contributed by atoms with van der Waals surface area (Å²) < 4.78 is 0. The van der Waals surface area contributed by atoms with Gasteiger partial charge in [0.1, 0.15) is 6.04 Å². The maximum absolute atomic E-state index is 11.1. The number of nitrogens with two attached hydrogens (primary N) is 1. The quantitative estimate of drug-likeness (QED) is 0.478. The SMILES string of the molecule is CC1(C)CC(=O)C(N)C1=O. The molecule has 1 aliphatic rings. The van der Waals surface area contributed by atoms with Crippen LogP contribution in [-0.4, -0.2) is 17.6 Å². The van der Waals surface area contributed by atoms with Crippen LogP contribution < -0.4 is 5.73 Å². The Morgan fingerprint density at radius 2 is 2.00 bits per heavy atom. The summed E-state index contributed by atoms with van der Waals surface area (Å²) in [6, 6.07) is -0.852. The molecule has 0 amide bonds. The van der Waals surface area contributed by atoms with Crippen molar-refractivity contribution < 1.29 is 9.59 Å². The lowest BCUT2D eigenvalue weighted by Crippen LogP contribution is -2.34. The van der Waals surface area contributed by atoms with Crippen LogP contribution >= 0.6 is 0 Å². The molecule has 56 valence electrons. The van der Waals surface area contributed by atoms with Crippen LogP contribution in [0.3, 0.4) is 0 Å². The molecule has 1 rings (SSSR count). The van der Waals surface area contributed by atoms with Crippen molar-refractivity contribution in [3.05, 3.63) is 0 Å². The molecule has 0 spiro atoms. The number of carbonyl (C=O) groups is 2. The number of hydrogen-bond donors (Lipinski definition) is 1. The molecule has 1 unspecified atom stereocenters. The highest BCUT2D eigenvalue weighted by atomic mass is 16.2. The predicted octanol–water partition coefficient (Wildman–Crippen LogP) is -0.118. The van der Waals surface area contributed by atoms with Gasteiger partial charge in [-0.05, 0) is 0 Å². The van der Waals surface area contributed by atoms with Crippen LogP contribution in [0.1, 0.15) is 20.3 Å². The van der Waals surface area contributed by atoms with Crippen molar-refractivity contribution in [3.63, 3.8) is 0 Å². The Labute approximate surface area is 59.6 Å². The molecule has 1 saturated carbocycles. The number of ketones is 2. The van der Waals surface area contributed by atoms with E-state index in [1.807, 2.05) is 0 Å². The highest BCUT2D eigenvalue weighted by Crippen LogP contribution is 2.30. The van der Waals surface area contributed by atoms with Gasteiger partial charge in [-0.1, -0.05) is 13.8 Å². The smallest absolute Gasteiger partial charge is 0.163 e. The zero-order valence-corrected chi connectivity index (χ0v) is 6.18. The Hall–Kier alpha value is -0.700. The van der Waals surface area contributed by atoms with Crippen molar-refractivity contribution in [1.82, 2.24) is 0 Å². The Morgan fingerprint density at radius 1 is 1.50 bits per heavy atom. The molecule has 0 heterocycles. The van der Waals surface area contributed by atoms with Gasteiger partial charge in [0.15, 0.2) is 11.6 Å². The van der Waals surface area contributed by atoms with E-state index in [0.29, 0.717) is 6.42 Å². The highest BCUT2D eigenvalue weighted by Gasteiger charge is 2.44. The maximum Gasteiger partial charge on any atom is 0.163 e. The maximum atomic E-state index is 11.1. The van der Waals surface area contributed by atoms with Crippen LogP contribution in [0.4, 0.5) is 0 Å². The van der Waals surface area contributed by atoms with Gasteiger partial charge >= 0.3 is 0 Å². The second-order valence-corrected chi connectivity index (χ2v) is 3.37. The van der Waals surface area contributed by atoms with E-state index in [-0.39, 0.29) is 11.6 Å². The van der Waals surface area contributed by atoms with Crippen LogP contribution in [0.5, 0.6) is 0 Å². The molecule has 0 aliphatic heterocycles. The van der Waals surface area contributed by atoms with E-state index in [9.17, 15) is 9.59 Å². The first-order chi connectivity index (χ1) is 4.45. The molecule has 1 aliphatic carbocycles. The Balaban J connectivity index is 2.92. The normalized spacial score (nSPS) is 31.3. The number of hydrogen-bond acceptors (Lipinski definition) is 3. The average molecular weight is 141 g/mol. The molecule has 0 bridgehead atoms. The third-order valence-electron chi connectivity index (χ3n) is 1.91. The zero-order chi connectivity index (χ0) is 7.94. The Morgan fingerprint density at radius 3 is 2.10 bits per heavy atom. The van der Waals surface area contributed by atoms with Crippen molar-refractivity contribution in [2.45, 2.75) is 26.3 Å². The molecule has 1 fully saturated rings. The minimum atomic E-state index is -0.852. The first kappa shape index (κ1) is 7.41. The van der Waals surface area contributed by atoms with Crippen molar-refractivity contribution in [1.29, 1.82) is 0 Å². The first-order valence-electron chi connectivity index (χ1n) is 3.28. The van der Waals surface area contributed by atoms with Gasteiger partial charge in [0, 0.05) is 11.8 Å². The number of Topliss-reactive ketones (excluding diaryl/α,β-unsaturated/α-hetero) is 2. The lowest BCUT2D eigenvalue weighted by molar-refractivity contribution is -0.126. The van der Waals surface area contributed by atoms with Gasteiger partial charge in [0.2, 0.25) is 0 Å². The number of rotatable bonds is 0. The lowest BCUT2D eigenvalue weighted by Gasteiger charge is -2.12. The molecule has 0 saturated heterocycles. The van der Waals surface area contributed by atoms with Crippen molar-refractivity contribution in [2.75, 3.05) is 0 Å². The predicted molar refractivity (Wildman–Crippen MR) is 36.4 cm³/mol. The third-order valence-corrected chi connectivity index (χ3v) is 1.91. The van der Waals surface area contributed by atoms with Gasteiger partial charge < -0.3 is 5.73 Å². The van der Waals surface area contributed by atoms with Crippen molar-refractivity contribution in [3.8, 4) is 0 Å².